The summed E-state index contributed by atoms with van der Waals surface area (Å²) in [5.74, 6) is 0.504. The predicted octanol–water partition coefficient (Wildman–Crippen LogP) is 3.66. The Morgan fingerprint density at radius 1 is 1.28 bits per heavy atom. The lowest BCUT2D eigenvalue weighted by Crippen LogP contribution is -2.39. The van der Waals surface area contributed by atoms with Crippen LogP contribution < -0.4 is 15.4 Å². The molecule has 0 amide bonds. The quantitative estimate of drug-likeness (QED) is 0.420. The van der Waals surface area contributed by atoms with Gasteiger partial charge in [-0.3, -0.25) is 0 Å². The topological polar surface area (TPSA) is 85.6 Å². The number of halogens is 3. The monoisotopic (exact) mass is 450 g/mol. The van der Waals surface area contributed by atoms with E-state index in [1.165, 1.54) is 0 Å². The number of ether oxygens (including phenoxy) is 2. The van der Waals surface area contributed by atoms with Crippen LogP contribution in [0.5, 0.6) is 5.75 Å². The Hall–Kier alpha value is -2.92. The molecule has 2 N–H and O–H groups in total. The van der Waals surface area contributed by atoms with Crippen LogP contribution in [-0.4, -0.2) is 52.3 Å². The Morgan fingerprint density at radius 2 is 2.12 bits per heavy atom. The van der Waals surface area contributed by atoms with Gasteiger partial charge < -0.3 is 20.1 Å². The molecule has 0 spiro atoms. The van der Waals surface area contributed by atoms with E-state index in [9.17, 15) is 13.2 Å². The largest absolute Gasteiger partial charge is 0.467 e. The van der Waals surface area contributed by atoms with Crippen LogP contribution in [0.1, 0.15) is 30.9 Å². The Kier molecular flexibility index (Phi) is 6.47. The van der Waals surface area contributed by atoms with E-state index in [0.29, 0.717) is 34.9 Å². The number of benzene rings is 1. The molecule has 0 saturated carbocycles. The first-order valence-corrected chi connectivity index (χ1v) is 10.5. The van der Waals surface area contributed by atoms with Crippen molar-refractivity contribution in [1.82, 2.24) is 25.1 Å². The third-order valence-electron chi connectivity index (χ3n) is 5.33. The van der Waals surface area contributed by atoms with E-state index in [0.717, 1.165) is 38.1 Å². The zero-order valence-corrected chi connectivity index (χ0v) is 17.9. The molecular weight excluding hydrogens is 425 g/mol. The minimum atomic E-state index is -4.51. The number of anilines is 1. The van der Waals surface area contributed by atoms with Gasteiger partial charge in [0.25, 0.3) is 0 Å². The highest BCUT2D eigenvalue weighted by Crippen LogP contribution is 2.40. The minimum Gasteiger partial charge on any atom is -0.467 e. The SMILES string of the molecule is CCOCOc1cc(C(F)(F)F)cc(C)c1-c1nnc(N[C@@H]2CCCNC2)n2nccc12. The molecule has 0 radical (unpaired) electrons. The summed E-state index contributed by atoms with van der Waals surface area (Å²) in [5, 5.41) is 19.7. The maximum atomic E-state index is 13.4. The van der Waals surface area contributed by atoms with Crippen molar-refractivity contribution in [1.29, 1.82) is 0 Å². The number of alkyl halides is 3. The Labute approximate surface area is 183 Å². The summed E-state index contributed by atoms with van der Waals surface area (Å²) in [4.78, 5) is 0. The number of aryl methyl sites for hydroxylation is 1. The third-order valence-corrected chi connectivity index (χ3v) is 5.33. The van der Waals surface area contributed by atoms with Gasteiger partial charge in [-0.1, -0.05) is 0 Å². The average Bonchev–Trinajstić information content (AvgIpc) is 3.25. The van der Waals surface area contributed by atoms with E-state index in [1.54, 1.807) is 30.6 Å². The predicted molar refractivity (Wildman–Crippen MR) is 113 cm³/mol. The first kappa shape index (κ1) is 22.3. The van der Waals surface area contributed by atoms with Gasteiger partial charge in [0.05, 0.1) is 17.3 Å². The fourth-order valence-corrected chi connectivity index (χ4v) is 3.79. The van der Waals surface area contributed by atoms with Gasteiger partial charge in [-0.15, -0.1) is 10.2 Å². The lowest BCUT2D eigenvalue weighted by atomic mass is 10.00. The van der Waals surface area contributed by atoms with Crippen molar-refractivity contribution in [2.45, 2.75) is 38.9 Å². The molecule has 1 fully saturated rings. The third kappa shape index (κ3) is 4.63. The van der Waals surface area contributed by atoms with Crippen LogP contribution in [0.4, 0.5) is 19.1 Å². The van der Waals surface area contributed by atoms with Crippen LogP contribution in [0.3, 0.4) is 0 Å². The van der Waals surface area contributed by atoms with Crippen molar-refractivity contribution >= 4 is 11.5 Å². The summed E-state index contributed by atoms with van der Waals surface area (Å²) >= 11 is 0. The number of hydrogen-bond donors (Lipinski definition) is 2. The average molecular weight is 450 g/mol. The summed E-state index contributed by atoms with van der Waals surface area (Å²) in [7, 11) is 0. The molecule has 8 nitrogen and oxygen atoms in total. The normalized spacial score (nSPS) is 17.0. The van der Waals surface area contributed by atoms with Gasteiger partial charge in [0.2, 0.25) is 5.95 Å². The van der Waals surface area contributed by atoms with E-state index in [1.807, 2.05) is 0 Å². The van der Waals surface area contributed by atoms with Gasteiger partial charge in [-0.25, -0.2) is 0 Å². The highest BCUT2D eigenvalue weighted by molar-refractivity contribution is 5.83. The molecule has 32 heavy (non-hydrogen) atoms. The smallest absolute Gasteiger partial charge is 0.416 e. The van der Waals surface area contributed by atoms with Crippen LogP contribution in [-0.2, 0) is 10.9 Å². The molecule has 3 aromatic rings. The summed E-state index contributed by atoms with van der Waals surface area (Å²) in [6.07, 6.45) is -0.859. The van der Waals surface area contributed by atoms with Gasteiger partial charge in [-0.2, -0.15) is 22.8 Å². The molecule has 11 heteroatoms. The molecular formula is C21H25F3N6O2. The number of nitrogens with zero attached hydrogens (tertiary/aromatic N) is 4. The van der Waals surface area contributed by atoms with Crippen molar-refractivity contribution in [3.05, 3.63) is 35.5 Å². The molecule has 1 aliphatic rings. The number of nitrogens with one attached hydrogen (secondary N) is 2. The number of piperidine rings is 1. The summed E-state index contributed by atoms with van der Waals surface area (Å²) in [6, 6.07) is 3.99. The number of fused-ring (bicyclic) bond motifs is 1. The van der Waals surface area contributed by atoms with Gasteiger partial charge in [0.1, 0.15) is 11.4 Å². The van der Waals surface area contributed by atoms with Crippen molar-refractivity contribution in [3.63, 3.8) is 0 Å². The highest BCUT2D eigenvalue weighted by atomic mass is 19.4. The number of rotatable bonds is 7. The standard InChI is InChI=1S/C21H25F3N6O2/c1-3-31-12-32-17-10-14(21(22,23)24)9-13(2)18(17)19-16-6-8-26-30(16)20(29-28-19)27-15-5-4-7-25-11-15/h6,8-10,15,25H,3-5,7,11-12H2,1-2H3,(H,27,29)/t15-/m1/s1. The molecule has 0 aliphatic carbocycles. The molecule has 2 aromatic heterocycles. The second-order valence-electron chi connectivity index (χ2n) is 7.61. The summed E-state index contributed by atoms with van der Waals surface area (Å²) in [5.41, 5.74) is 0.969. The highest BCUT2D eigenvalue weighted by Gasteiger charge is 2.33. The van der Waals surface area contributed by atoms with Crippen molar-refractivity contribution in [2.75, 3.05) is 31.8 Å². The van der Waals surface area contributed by atoms with E-state index in [4.69, 9.17) is 9.47 Å². The van der Waals surface area contributed by atoms with Crippen LogP contribution in [0.2, 0.25) is 0 Å². The van der Waals surface area contributed by atoms with Gasteiger partial charge in [-0.05, 0) is 57.0 Å². The molecule has 3 heterocycles. The second-order valence-corrected chi connectivity index (χ2v) is 7.61. The van der Waals surface area contributed by atoms with Gasteiger partial charge >= 0.3 is 6.18 Å². The van der Waals surface area contributed by atoms with E-state index in [-0.39, 0.29) is 18.6 Å². The fourth-order valence-electron chi connectivity index (χ4n) is 3.79. The summed E-state index contributed by atoms with van der Waals surface area (Å²) in [6.45, 7) is 5.35. The van der Waals surface area contributed by atoms with E-state index in [2.05, 4.69) is 25.9 Å². The zero-order chi connectivity index (χ0) is 22.7. The summed E-state index contributed by atoms with van der Waals surface area (Å²) < 4.78 is 52.6. The molecule has 0 bridgehead atoms. The lowest BCUT2D eigenvalue weighted by molar-refractivity contribution is -0.137. The number of hydrogen-bond acceptors (Lipinski definition) is 7. The second kappa shape index (κ2) is 9.29. The fraction of sp³-hybridized carbons (Fsp3) is 0.476. The Bertz CT molecular complexity index is 1080. The first-order chi connectivity index (χ1) is 15.4. The minimum absolute atomic E-state index is 0.0281. The van der Waals surface area contributed by atoms with Crippen molar-refractivity contribution in [3.8, 4) is 17.0 Å². The molecule has 1 saturated heterocycles. The molecule has 1 aliphatic heterocycles. The molecule has 4 rings (SSSR count). The molecule has 172 valence electrons. The first-order valence-electron chi connectivity index (χ1n) is 10.5. The molecule has 0 unspecified atom stereocenters. The zero-order valence-electron chi connectivity index (χ0n) is 17.9. The maximum absolute atomic E-state index is 13.4. The van der Waals surface area contributed by atoms with Gasteiger partial charge in [0.15, 0.2) is 6.79 Å². The van der Waals surface area contributed by atoms with Gasteiger partial charge in [0, 0.05) is 24.8 Å². The van der Waals surface area contributed by atoms with Crippen LogP contribution >= 0.6 is 0 Å². The Morgan fingerprint density at radius 3 is 2.84 bits per heavy atom. The lowest BCUT2D eigenvalue weighted by Gasteiger charge is -2.24. The Balaban J connectivity index is 1.77. The maximum Gasteiger partial charge on any atom is 0.416 e. The number of aromatic nitrogens is 4. The van der Waals surface area contributed by atoms with Crippen LogP contribution in [0.25, 0.3) is 16.8 Å². The van der Waals surface area contributed by atoms with Crippen molar-refractivity contribution in [2.24, 2.45) is 0 Å². The van der Waals surface area contributed by atoms with E-state index < -0.39 is 11.7 Å². The van der Waals surface area contributed by atoms with Crippen LogP contribution in [0.15, 0.2) is 24.4 Å². The van der Waals surface area contributed by atoms with E-state index >= 15 is 0 Å². The molecule has 1 aromatic carbocycles. The molecule has 1 atom stereocenters. The van der Waals surface area contributed by atoms with Crippen molar-refractivity contribution < 1.29 is 22.6 Å². The van der Waals surface area contributed by atoms with Crippen LogP contribution in [0, 0.1) is 6.92 Å².